The molecule has 0 aliphatic carbocycles. The van der Waals surface area contributed by atoms with Crippen LogP contribution in [0.5, 0.6) is 5.75 Å². The molecule has 0 atom stereocenters. The number of halogens is 1. The van der Waals surface area contributed by atoms with Crippen LogP contribution in [0.1, 0.15) is 0 Å². The van der Waals surface area contributed by atoms with E-state index in [-0.39, 0.29) is 4.90 Å². The summed E-state index contributed by atoms with van der Waals surface area (Å²) in [5, 5.41) is 10.9. The Kier molecular flexibility index (Phi) is 4.01. The van der Waals surface area contributed by atoms with Crippen molar-refractivity contribution in [3.8, 4) is 5.75 Å². The molecule has 0 aliphatic rings. The van der Waals surface area contributed by atoms with Gasteiger partial charge in [-0.3, -0.25) is 10.1 Å². The van der Waals surface area contributed by atoms with Gasteiger partial charge in [0.1, 0.15) is 5.75 Å². The molecule has 0 unspecified atom stereocenters. The van der Waals surface area contributed by atoms with Gasteiger partial charge in [-0.25, -0.2) is 0 Å². The van der Waals surface area contributed by atoms with Crippen LogP contribution in [0.4, 0.5) is 10.1 Å². The van der Waals surface area contributed by atoms with Crippen LogP contribution in [0.15, 0.2) is 52.3 Å². The minimum Gasteiger partial charge on any atom is -0.496 e. The van der Waals surface area contributed by atoms with Gasteiger partial charge >= 0.3 is 5.69 Å². The normalized spacial score (nSPS) is 10.2. The third kappa shape index (κ3) is 2.85. The Morgan fingerprint density at radius 3 is 2.53 bits per heavy atom. The fourth-order valence-electron chi connectivity index (χ4n) is 1.58. The largest absolute Gasteiger partial charge is 0.496 e. The van der Waals surface area contributed by atoms with E-state index >= 15 is 0 Å². The zero-order valence-corrected chi connectivity index (χ0v) is 10.8. The van der Waals surface area contributed by atoms with Crippen molar-refractivity contribution in [1.29, 1.82) is 0 Å². The Morgan fingerprint density at radius 1 is 1.16 bits per heavy atom. The Labute approximate surface area is 113 Å². The Morgan fingerprint density at radius 2 is 1.84 bits per heavy atom. The van der Waals surface area contributed by atoms with Crippen LogP contribution in [0.25, 0.3) is 0 Å². The Bertz CT molecular complexity index is 619. The van der Waals surface area contributed by atoms with Crippen LogP contribution in [0.2, 0.25) is 0 Å². The number of rotatable bonds is 4. The molecule has 0 saturated carbocycles. The standard InChI is InChI=1S/C13H10FNO3S/c1-18-10-6-2-3-7-11(10)19-12-8-4-5-9(14)13(12)15(16)17/h2-8H,1H3. The van der Waals surface area contributed by atoms with Gasteiger partial charge in [-0.1, -0.05) is 30.0 Å². The maximum Gasteiger partial charge on any atom is 0.318 e. The van der Waals surface area contributed by atoms with E-state index in [4.69, 9.17) is 4.74 Å². The van der Waals surface area contributed by atoms with Crippen LogP contribution >= 0.6 is 11.8 Å². The van der Waals surface area contributed by atoms with Gasteiger partial charge in [0.2, 0.25) is 5.82 Å². The Hall–Kier alpha value is -2.08. The third-order valence-corrected chi connectivity index (χ3v) is 3.53. The second kappa shape index (κ2) is 5.71. The average Bonchev–Trinajstić information content (AvgIpc) is 2.39. The summed E-state index contributed by atoms with van der Waals surface area (Å²) in [5.41, 5.74) is -0.515. The highest BCUT2D eigenvalue weighted by Crippen LogP contribution is 2.39. The van der Waals surface area contributed by atoms with Crippen LogP contribution in [-0.4, -0.2) is 12.0 Å². The summed E-state index contributed by atoms with van der Waals surface area (Å²) in [6.07, 6.45) is 0. The molecular weight excluding hydrogens is 269 g/mol. The number of para-hydroxylation sites is 2. The quantitative estimate of drug-likeness (QED) is 0.629. The lowest BCUT2D eigenvalue weighted by Crippen LogP contribution is -1.95. The molecule has 2 aromatic carbocycles. The van der Waals surface area contributed by atoms with Gasteiger partial charge in [-0.05, 0) is 24.3 Å². The van der Waals surface area contributed by atoms with Crippen molar-refractivity contribution in [1.82, 2.24) is 0 Å². The van der Waals surface area contributed by atoms with Gasteiger partial charge in [-0.15, -0.1) is 0 Å². The summed E-state index contributed by atoms with van der Waals surface area (Å²) >= 11 is 1.10. The zero-order chi connectivity index (χ0) is 13.8. The van der Waals surface area contributed by atoms with Gasteiger partial charge in [0.15, 0.2) is 0 Å². The van der Waals surface area contributed by atoms with Gasteiger partial charge in [-0.2, -0.15) is 4.39 Å². The summed E-state index contributed by atoms with van der Waals surface area (Å²) in [6.45, 7) is 0. The second-order valence-corrected chi connectivity index (χ2v) is 4.68. The smallest absolute Gasteiger partial charge is 0.318 e. The summed E-state index contributed by atoms with van der Waals surface area (Å²) in [7, 11) is 1.51. The molecule has 6 heteroatoms. The topological polar surface area (TPSA) is 52.4 Å². The van der Waals surface area contributed by atoms with E-state index in [2.05, 4.69) is 0 Å². The third-order valence-electron chi connectivity index (χ3n) is 2.42. The first-order valence-corrected chi connectivity index (χ1v) is 6.19. The maximum atomic E-state index is 13.5. The van der Waals surface area contributed by atoms with Gasteiger partial charge in [0.05, 0.1) is 21.8 Å². The van der Waals surface area contributed by atoms with E-state index in [1.165, 1.54) is 19.2 Å². The lowest BCUT2D eigenvalue weighted by atomic mass is 10.3. The predicted octanol–water partition coefficient (Wildman–Crippen LogP) is 3.89. The fraction of sp³-hybridized carbons (Fsp3) is 0.0769. The van der Waals surface area contributed by atoms with Crippen molar-refractivity contribution in [3.05, 3.63) is 58.4 Å². The molecule has 0 N–H and O–H groups in total. The minimum atomic E-state index is -0.843. The van der Waals surface area contributed by atoms with E-state index in [0.29, 0.717) is 10.6 Å². The van der Waals surface area contributed by atoms with Crippen molar-refractivity contribution in [2.75, 3.05) is 7.11 Å². The highest BCUT2D eigenvalue weighted by Gasteiger charge is 2.21. The van der Waals surface area contributed by atoms with Gasteiger partial charge in [0.25, 0.3) is 0 Å². The molecule has 4 nitrogen and oxygen atoms in total. The molecule has 0 heterocycles. The molecule has 0 radical (unpaired) electrons. The van der Waals surface area contributed by atoms with E-state index in [0.717, 1.165) is 17.8 Å². The van der Waals surface area contributed by atoms with E-state index in [1.54, 1.807) is 24.3 Å². The van der Waals surface area contributed by atoms with Crippen molar-refractivity contribution >= 4 is 17.4 Å². The van der Waals surface area contributed by atoms with Crippen LogP contribution in [0.3, 0.4) is 0 Å². The minimum absolute atomic E-state index is 0.245. The molecule has 98 valence electrons. The second-order valence-electron chi connectivity index (χ2n) is 3.60. The number of hydrogen-bond donors (Lipinski definition) is 0. The Balaban J connectivity index is 2.44. The molecule has 19 heavy (non-hydrogen) atoms. The van der Waals surface area contributed by atoms with Crippen LogP contribution in [0, 0.1) is 15.9 Å². The molecule has 0 fully saturated rings. The number of nitro benzene ring substituents is 1. The number of benzene rings is 2. The van der Waals surface area contributed by atoms with Crippen molar-refractivity contribution in [3.63, 3.8) is 0 Å². The maximum absolute atomic E-state index is 13.5. The highest BCUT2D eigenvalue weighted by atomic mass is 32.2. The van der Waals surface area contributed by atoms with E-state index < -0.39 is 16.4 Å². The monoisotopic (exact) mass is 279 g/mol. The summed E-state index contributed by atoms with van der Waals surface area (Å²) in [4.78, 5) is 11.1. The molecular formula is C13H10FNO3S. The first-order chi connectivity index (χ1) is 9.13. The number of methoxy groups -OCH3 is 1. The van der Waals surface area contributed by atoms with Crippen molar-refractivity contribution < 1.29 is 14.1 Å². The number of ether oxygens (including phenoxy) is 1. The van der Waals surface area contributed by atoms with Gasteiger partial charge in [0, 0.05) is 0 Å². The number of nitrogens with zero attached hydrogens (tertiary/aromatic N) is 1. The molecule has 0 aliphatic heterocycles. The van der Waals surface area contributed by atoms with E-state index in [9.17, 15) is 14.5 Å². The lowest BCUT2D eigenvalue weighted by molar-refractivity contribution is -0.390. The fourth-order valence-corrected chi connectivity index (χ4v) is 2.63. The summed E-state index contributed by atoms with van der Waals surface area (Å²) in [6, 6.07) is 11.1. The summed E-state index contributed by atoms with van der Waals surface area (Å²) < 4.78 is 18.7. The molecule has 0 saturated heterocycles. The average molecular weight is 279 g/mol. The lowest BCUT2D eigenvalue weighted by Gasteiger charge is -2.08. The van der Waals surface area contributed by atoms with Crippen LogP contribution in [-0.2, 0) is 0 Å². The molecule has 0 amide bonds. The predicted molar refractivity (Wildman–Crippen MR) is 70.2 cm³/mol. The first-order valence-electron chi connectivity index (χ1n) is 5.37. The number of hydrogen-bond acceptors (Lipinski definition) is 4. The molecule has 0 aromatic heterocycles. The van der Waals surface area contributed by atoms with Gasteiger partial charge < -0.3 is 4.74 Å². The first kappa shape index (κ1) is 13.4. The molecule has 0 spiro atoms. The highest BCUT2D eigenvalue weighted by molar-refractivity contribution is 7.99. The SMILES string of the molecule is COc1ccccc1Sc1cccc(F)c1[N+](=O)[O-]. The molecule has 0 bridgehead atoms. The van der Waals surface area contributed by atoms with E-state index in [1.807, 2.05) is 0 Å². The summed E-state index contributed by atoms with van der Waals surface area (Å²) in [5.74, 6) is -0.254. The van der Waals surface area contributed by atoms with Crippen molar-refractivity contribution in [2.45, 2.75) is 9.79 Å². The zero-order valence-electron chi connectivity index (χ0n) is 10.00. The van der Waals surface area contributed by atoms with Crippen LogP contribution < -0.4 is 4.74 Å². The van der Waals surface area contributed by atoms with Crippen molar-refractivity contribution in [2.24, 2.45) is 0 Å². The molecule has 2 aromatic rings. The number of nitro groups is 1. The molecule has 2 rings (SSSR count).